The number of halogens is 1. The van der Waals surface area contributed by atoms with Crippen LogP contribution in [0.25, 0.3) is 5.57 Å². The Morgan fingerprint density at radius 3 is 2.56 bits per heavy atom. The molecule has 2 fully saturated rings. The first kappa shape index (κ1) is 22.1. The molecule has 0 atom stereocenters. The number of allylic oxidation sites excluding steroid dienone is 4. The van der Waals surface area contributed by atoms with Crippen LogP contribution in [0, 0.1) is 18.2 Å². The molecule has 8 heteroatoms. The second-order valence-electron chi connectivity index (χ2n) is 8.26. The van der Waals surface area contributed by atoms with Gasteiger partial charge in [-0.3, -0.25) is 5.41 Å². The Balaban J connectivity index is 1.70. The number of nitrogens with one attached hydrogen (secondary N) is 3. The zero-order valence-corrected chi connectivity index (χ0v) is 18.6. The number of ether oxygens (including phenoxy) is 1. The van der Waals surface area contributed by atoms with Crippen molar-refractivity contribution >= 4 is 23.0 Å². The summed E-state index contributed by atoms with van der Waals surface area (Å²) < 4.78 is 20.2. The van der Waals surface area contributed by atoms with E-state index in [1.165, 1.54) is 6.07 Å². The SMILES string of the molecule is CN/C=C1/C=C(c2cc(NC(=O)N3CCCC3)c(F)cc2C)C=C(N2CCOCC2)C1=N. The van der Waals surface area contributed by atoms with Crippen LogP contribution >= 0.6 is 0 Å². The number of anilines is 1. The quantitative estimate of drug-likeness (QED) is 0.671. The van der Waals surface area contributed by atoms with Gasteiger partial charge in [0.1, 0.15) is 5.82 Å². The van der Waals surface area contributed by atoms with Crippen LogP contribution in [0.3, 0.4) is 0 Å². The summed E-state index contributed by atoms with van der Waals surface area (Å²) in [6, 6.07) is 2.89. The standard InChI is InChI=1S/C24H30FN5O2/c1-16-11-20(25)21(28-24(31)30-5-3-4-6-30)14-19(16)17-12-18(15-27-2)23(26)22(13-17)29-7-9-32-10-8-29/h11-15,26-27H,3-10H2,1-2H3,(H,28,31)/b18-15-,26-23?. The lowest BCUT2D eigenvalue weighted by Gasteiger charge is -2.33. The smallest absolute Gasteiger partial charge is 0.321 e. The number of amides is 2. The fraction of sp³-hybridized carbons (Fsp3) is 0.417. The molecule has 3 aliphatic rings. The first-order chi connectivity index (χ1) is 15.5. The topological polar surface area (TPSA) is 80.7 Å². The van der Waals surface area contributed by atoms with Gasteiger partial charge in [0.05, 0.1) is 30.3 Å². The molecule has 1 aromatic rings. The molecule has 2 saturated heterocycles. The number of hydrogen-bond donors (Lipinski definition) is 3. The van der Waals surface area contributed by atoms with Crippen molar-refractivity contribution in [1.29, 1.82) is 5.41 Å². The Labute approximate surface area is 188 Å². The third-order valence-electron chi connectivity index (χ3n) is 6.06. The molecule has 7 nitrogen and oxygen atoms in total. The third-order valence-corrected chi connectivity index (χ3v) is 6.06. The van der Waals surface area contributed by atoms with Crippen LogP contribution in [-0.2, 0) is 4.74 Å². The zero-order chi connectivity index (χ0) is 22.7. The number of rotatable bonds is 4. The van der Waals surface area contributed by atoms with E-state index in [2.05, 4.69) is 15.5 Å². The number of urea groups is 1. The van der Waals surface area contributed by atoms with Crippen LogP contribution < -0.4 is 10.6 Å². The molecule has 0 saturated carbocycles. The van der Waals surface area contributed by atoms with E-state index in [-0.39, 0.29) is 11.7 Å². The maximum Gasteiger partial charge on any atom is 0.321 e. The molecule has 32 heavy (non-hydrogen) atoms. The number of likely N-dealkylation sites (tertiary alicyclic amines) is 1. The molecule has 0 radical (unpaired) electrons. The Hall–Kier alpha value is -3.13. The van der Waals surface area contributed by atoms with Crippen LogP contribution in [0.2, 0.25) is 0 Å². The lowest BCUT2D eigenvalue weighted by molar-refractivity contribution is 0.0564. The average molecular weight is 440 g/mol. The van der Waals surface area contributed by atoms with Gasteiger partial charge in [-0.15, -0.1) is 0 Å². The van der Waals surface area contributed by atoms with Gasteiger partial charge < -0.3 is 25.2 Å². The molecule has 4 rings (SSSR count). The minimum Gasteiger partial charge on any atom is -0.393 e. The number of aryl methyl sites for hydroxylation is 1. The van der Waals surface area contributed by atoms with Gasteiger partial charge >= 0.3 is 6.03 Å². The van der Waals surface area contributed by atoms with E-state index in [1.54, 1.807) is 24.2 Å². The van der Waals surface area contributed by atoms with Crippen molar-refractivity contribution in [2.24, 2.45) is 0 Å². The van der Waals surface area contributed by atoms with Crippen LogP contribution in [0.1, 0.15) is 24.0 Å². The minimum atomic E-state index is -0.452. The number of carbonyl (C=O) groups is 1. The summed E-state index contributed by atoms with van der Waals surface area (Å²) in [4.78, 5) is 16.4. The lowest BCUT2D eigenvalue weighted by atomic mass is 9.90. The van der Waals surface area contributed by atoms with E-state index in [1.807, 2.05) is 19.1 Å². The lowest BCUT2D eigenvalue weighted by Crippen LogP contribution is -2.38. The molecular weight excluding hydrogens is 409 g/mol. The molecule has 0 bridgehead atoms. The van der Waals surface area contributed by atoms with E-state index in [0.717, 1.165) is 40.8 Å². The third kappa shape index (κ3) is 4.55. The number of hydrogen-bond acceptors (Lipinski definition) is 5. The molecule has 2 amide bonds. The molecule has 0 aromatic heterocycles. The fourth-order valence-corrected chi connectivity index (χ4v) is 4.32. The van der Waals surface area contributed by atoms with Crippen LogP contribution in [0.15, 0.2) is 41.8 Å². The van der Waals surface area contributed by atoms with Crippen molar-refractivity contribution in [3.05, 3.63) is 58.7 Å². The normalized spacial score (nSPS) is 20.3. The van der Waals surface area contributed by atoms with Crippen molar-refractivity contribution in [2.75, 3.05) is 51.8 Å². The van der Waals surface area contributed by atoms with Crippen molar-refractivity contribution in [3.8, 4) is 0 Å². The van der Waals surface area contributed by atoms with E-state index in [4.69, 9.17) is 10.1 Å². The highest BCUT2D eigenvalue weighted by atomic mass is 19.1. The predicted octanol–water partition coefficient (Wildman–Crippen LogP) is 3.50. The molecule has 2 heterocycles. The largest absolute Gasteiger partial charge is 0.393 e. The van der Waals surface area contributed by atoms with Gasteiger partial charge in [-0.25, -0.2) is 9.18 Å². The number of benzene rings is 1. The van der Waals surface area contributed by atoms with E-state index < -0.39 is 5.82 Å². The molecule has 1 aliphatic carbocycles. The number of nitrogens with zero attached hydrogens (tertiary/aromatic N) is 2. The molecule has 0 unspecified atom stereocenters. The van der Waals surface area contributed by atoms with Gasteiger partial charge in [-0.1, -0.05) is 0 Å². The first-order valence-electron chi connectivity index (χ1n) is 11.1. The van der Waals surface area contributed by atoms with E-state index >= 15 is 0 Å². The van der Waals surface area contributed by atoms with Crippen LogP contribution in [-0.4, -0.2) is 68.0 Å². The van der Waals surface area contributed by atoms with Gasteiger partial charge in [0, 0.05) is 45.0 Å². The highest BCUT2D eigenvalue weighted by Crippen LogP contribution is 2.33. The van der Waals surface area contributed by atoms with Crippen LogP contribution in [0.5, 0.6) is 0 Å². The number of morpholine rings is 1. The first-order valence-corrected chi connectivity index (χ1v) is 11.1. The second kappa shape index (κ2) is 9.56. The highest BCUT2D eigenvalue weighted by Gasteiger charge is 2.25. The average Bonchev–Trinajstić information content (AvgIpc) is 3.33. The molecule has 3 N–H and O–H groups in total. The van der Waals surface area contributed by atoms with Crippen LogP contribution in [0.4, 0.5) is 14.9 Å². The van der Waals surface area contributed by atoms with E-state index in [0.29, 0.717) is 45.1 Å². The summed E-state index contributed by atoms with van der Waals surface area (Å²) in [7, 11) is 1.80. The second-order valence-corrected chi connectivity index (χ2v) is 8.26. The van der Waals surface area contributed by atoms with E-state index in [9.17, 15) is 9.18 Å². The predicted molar refractivity (Wildman–Crippen MR) is 124 cm³/mol. The maximum atomic E-state index is 14.7. The summed E-state index contributed by atoms with van der Waals surface area (Å²) >= 11 is 0. The van der Waals surface area contributed by atoms with Gasteiger partial charge in [0.15, 0.2) is 0 Å². The fourth-order valence-electron chi connectivity index (χ4n) is 4.32. The molecule has 170 valence electrons. The molecule has 1 aromatic carbocycles. The molecular formula is C24H30FN5O2. The Morgan fingerprint density at radius 2 is 1.88 bits per heavy atom. The summed E-state index contributed by atoms with van der Waals surface area (Å²) in [5, 5.41) is 14.4. The maximum absolute atomic E-state index is 14.7. The van der Waals surface area contributed by atoms with Crippen molar-refractivity contribution < 1.29 is 13.9 Å². The Morgan fingerprint density at radius 1 is 1.16 bits per heavy atom. The Bertz CT molecular complexity index is 1000. The summed E-state index contributed by atoms with van der Waals surface area (Å²) in [5.41, 5.74) is 4.64. The van der Waals surface area contributed by atoms with Gasteiger partial charge in [0.25, 0.3) is 0 Å². The number of carbonyl (C=O) groups excluding carboxylic acids is 1. The zero-order valence-electron chi connectivity index (χ0n) is 18.6. The van der Waals surface area contributed by atoms with Crippen molar-refractivity contribution in [2.45, 2.75) is 19.8 Å². The summed E-state index contributed by atoms with van der Waals surface area (Å²) in [6.45, 7) is 5.93. The molecule has 0 spiro atoms. The van der Waals surface area contributed by atoms with Crippen molar-refractivity contribution in [3.63, 3.8) is 0 Å². The summed E-state index contributed by atoms with van der Waals surface area (Å²) in [5.74, 6) is -0.452. The Kier molecular flexibility index (Phi) is 6.60. The summed E-state index contributed by atoms with van der Waals surface area (Å²) in [6.07, 6.45) is 7.65. The highest BCUT2D eigenvalue weighted by molar-refractivity contribution is 6.16. The van der Waals surface area contributed by atoms with Gasteiger partial charge in [-0.05, 0) is 60.8 Å². The van der Waals surface area contributed by atoms with Gasteiger partial charge in [-0.2, -0.15) is 0 Å². The minimum absolute atomic E-state index is 0.171. The van der Waals surface area contributed by atoms with Gasteiger partial charge in [0.2, 0.25) is 0 Å². The molecule has 2 aliphatic heterocycles. The van der Waals surface area contributed by atoms with Crippen molar-refractivity contribution in [1.82, 2.24) is 15.1 Å². The monoisotopic (exact) mass is 439 g/mol.